The number of aryl methyl sites for hydroxylation is 2. The second-order valence-corrected chi connectivity index (χ2v) is 13.9. The van der Waals surface area contributed by atoms with Crippen molar-refractivity contribution in [2.45, 2.75) is 39.8 Å². The van der Waals surface area contributed by atoms with E-state index in [1.165, 1.54) is 11.1 Å². The number of carbonyl (C=O) groups excluding carboxylic acids is 2. The maximum Gasteiger partial charge on any atom is 0.251 e. The molecule has 2 heterocycles. The maximum absolute atomic E-state index is 12.7. The van der Waals surface area contributed by atoms with Gasteiger partial charge in [-0.2, -0.15) is 0 Å². The minimum absolute atomic E-state index is 0.0156. The van der Waals surface area contributed by atoms with Crippen LogP contribution in [0.4, 0.5) is 0 Å². The topological polar surface area (TPSA) is 134 Å². The van der Waals surface area contributed by atoms with Gasteiger partial charge in [0, 0.05) is 71.4 Å². The molecule has 0 saturated carbocycles. The van der Waals surface area contributed by atoms with E-state index in [0.29, 0.717) is 24.3 Å². The van der Waals surface area contributed by atoms with Crippen molar-refractivity contribution in [1.82, 2.24) is 30.6 Å². The van der Waals surface area contributed by atoms with Crippen molar-refractivity contribution in [3.05, 3.63) is 142 Å². The lowest BCUT2D eigenvalue weighted by molar-refractivity contribution is 0.0898. The van der Waals surface area contributed by atoms with E-state index < -0.39 is 0 Å². The molecule has 0 bridgehead atoms. The van der Waals surface area contributed by atoms with Crippen molar-refractivity contribution >= 4 is 34.4 Å². The highest BCUT2D eigenvalue weighted by molar-refractivity contribution is 14.1. The summed E-state index contributed by atoms with van der Waals surface area (Å²) in [5.74, 6) is 0.533. The SMILES string of the molecule is COCC(C)NC(=O)c1cc(-c2ccc(C)cc2)cc(-c2ncc[nH]2)c1.COCC(C)NC(=O)c1cc(I)cc(-c2ccc(C)cc2)c1.c1c[nH]cn1. The first-order valence-corrected chi connectivity index (χ1v) is 18.3. The number of H-pyrrole nitrogens is 2. The maximum atomic E-state index is 12.7. The van der Waals surface area contributed by atoms with E-state index in [1.807, 2.05) is 44.2 Å². The molecule has 276 valence electrons. The Morgan fingerprint density at radius 2 is 1.19 bits per heavy atom. The van der Waals surface area contributed by atoms with Crippen molar-refractivity contribution in [1.29, 1.82) is 0 Å². The number of halogens is 1. The van der Waals surface area contributed by atoms with E-state index in [0.717, 1.165) is 37.2 Å². The third-order valence-electron chi connectivity index (χ3n) is 7.89. The first-order chi connectivity index (χ1) is 25.6. The summed E-state index contributed by atoms with van der Waals surface area (Å²) in [6.07, 6.45) is 8.56. The van der Waals surface area contributed by atoms with Crippen LogP contribution in [0.25, 0.3) is 33.6 Å². The number of methoxy groups -OCH3 is 2. The number of amides is 2. The third-order valence-corrected chi connectivity index (χ3v) is 8.51. The number of carbonyl (C=O) groups is 2. The highest BCUT2D eigenvalue weighted by Crippen LogP contribution is 2.28. The smallest absolute Gasteiger partial charge is 0.251 e. The van der Waals surface area contributed by atoms with Gasteiger partial charge in [0.15, 0.2) is 0 Å². The van der Waals surface area contributed by atoms with Crippen LogP contribution in [0, 0.1) is 17.4 Å². The Kier molecular flexibility index (Phi) is 16.0. The van der Waals surface area contributed by atoms with E-state index in [-0.39, 0.29) is 23.9 Å². The zero-order chi connectivity index (χ0) is 38.2. The summed E-state index contributed by atoms with van der Waals surface area (Å²) in [5.41, 5.74) is 8.76. The molecule has 10 nitrogen and oxygen atoms in total. The average Bonchev–Trinajstić information content (AvgIpc) is 3.91. The second-order valence-electron chi connectivity index (χ2n) is 12.6. The number of hydrogen-bond donors (Lipinski definition) is 4. The van der Waals surface area contributed by atoms with Crippen LogP contribution in [-0.4, -0.2) is 71.3 Å². The highest BCUT2D eigenvalue weighted by atomic mass is 127. The van der Waals surface area contributed by atoms with Crippen LogP contribution in [0.15, 0.2) is 116 Å². The molecule has 0 radical (unpaired) electrons. The third kappa shape index (κ3) is 13.1. The Hall–Kier alpha value is -5.11. The van der Waals surface area contributed by atoms with Crippen LogP contribution >= 0.6 is 22.6 Å². The largest absolute Gasteiger partial charge is 0.383 e. The summed E-state index contributed by atoms with van der Waals surface area (Å²) in [5, 5.41) is 5.91. The molecule has 6 rings (SSSR count). The summed E-state index contributed by atoms with van der Waals surface area (Å²) >= 11 is 2.24. The number of imidazole rings is 2. The lowest BCUT2D eigenvalue weighted by atomic mass is 9.98. The monoisotopic (exact) mass is 826 g/mol. The number of nitrogens with one attached hydrogen (secondary N) is 4. The minimum atomic E-state index is -0.128. The van der Waals surface area contributed by atoms with E-state index in [2.05, 4.69) is 122 Å². The number of aromatic nitrogens is 4. The quantitative estimate of drug-likeness (QED) is 0.0973. The normalized spacial score (nSPS) is 11.6. The van der Waals surface area contributed by atoms with Gasteiger partial charge in [-0.05, 0) is 109 Å². The Balaban J connectivity index is 0.000000211. The molecule has 11 heteroatoms. The van der Waals surface area contributed by atoms with Crippen LogP contribution in [-0.2, 0) is 9.47 Å². The predicted octanol–water partition coefficient (Wildman–Crippen LogP) is 8.26. The average molecular weight is 827 g/mol. The number of rotatable bonds is 11. The van der Waals surface area contributed by atoms with Crippen molar-refractivity contribution in [2.24, 2.45) is 0 Å². The zero-order valence-electron chi connectivity index (χ0n) is 30.9. The molecule has 0 fully saturated rings. The number of nitrogens with zero attached hydrogens (tertiary/aromatic N) is 2. The first-order valence-electron chi connectivity index (χ1n) is 17.2. The Bertz CT molecular complexity index is 1980. The van der Waals surface area contributed by atoms with Crippen LogP contribution in [0.5, 0.6) is 0 Å². The van der Waals surface area contributed by atoms with Gasteiger partial charge < -0.3 is 30.1 Å². The van der Waals surface area contributed by atoms with Crippen molar-refractivity contribution < 1.29 is 19.1 Å². The summed E-state index contributed by atoms with van der Waals surface area (Å²) in [6.45, 7) is 8.93. The molecule has 2 amide bonds. The Labute approximate surface area is 325 Å². The molecule has 2 atom stereocenters. The molecule has 53 heavy (non-hydrogen) atoms. The highest BCUT2D eigenvalue weighted by Gasteiger charge is 2.15. The minimum Gasteiger partial charge on any atom is -0.383 e. The summed E-state index contributed by atoms with van der Waals surface area (Å²) in [4.78, 5) is 38.9. The number of hydrogen-bond acceptors (Lipinski definition) is 6. The van der Waals surface area contributed by atoms with Crippen LogP contribution in [0.2, 0.25) is 0 Å². The summed E-state index contributed by atoms with van der Waals surface area (Å²) < 4.78 is 11.2. The van der Waals surface area contributed by atoms with Gasteiger partial charge in [-0.1, -0.05) is 59.7 Å². The molecule has 0 aliphatic rings. The molecule has 4 aromatic carbocycles. The molecule has 6 aromatic rings. The van der Waals surface area contributed by atoms with E-state index in [1.54, 1.807) is 45.3 Å². The van der Waals surface area contributed by atoms with Gasteiger partial charge in [0.1, 0.15) is 5.82 Å². The molecule has 0 aliphatic carbocycles. The molecule has 2 aromatic heterocycles. The summed E-state index contributed by atoms with van der Waals surface area (Å²) in [7, 11) is 3.25. The molecule has 2 unspecified atom stereocenters. The first kappa shape index (κ1) is 40.7. The Morgan fingerprint density at radius 3 is 1.62 bits per heavy atom. The number of ether oxygens (including phenoxy) is 2. The van der Waals surface area contributed by atoms with Crippen LogP contribution < -0.4 is 10.6 Å². The van der Waals surface area contributed by atoms with Crippen LogP contribution in [0.3, 0.4) is 0 Å². The number of aromatic amines is 2. The van der Waals surface area contributed by atoms with Crippen LogP contribution in [0.1, 0.15) is 45.7 Å². The van der Waals surface area contributed by atoms with E-state index in [9.17, 15) is 9.59 Å². The molecular weight excluding hydrogens is 779 g/mol. The molecular formula is C42H47IN6O4. The van der Waals surface area contributed by atoms with Crippen molar-refractivity contribution in [3.8, 4) is 33.6 Å². The standard InChI is InChI=1S/C21H23N3O2.C18H20INO2.C3H4N2/c1-14-4-6-16(7-5-14)17-10-18(20-22-8-9-23-20)12-19(11-17)21(25)24-15(2)13-26-3;1-12-4-6-14(7-5-12)15-8-16(10-17(19)9-15)18(21)20-13(2)11-22-3;1-2-5-3-4-1/h4-12,15H,13H2,1-3H3,(H,22,23)(H,24,25);4-10,13H,11H2,1-3H3,(H,20,21);1-3H,(H,4,5). The fraction of sp³-hybridized carbons (Fsp3) is 0.238. The zero-order valence-corrected chi connectivity index (χ0v) is 33.1. The van der Waals surface area contributed by atoms with E-state index in [4.69, 9.17) is 9.47 Å². The predicted molar refractivity (Wildman–Crippen MR) is 220 cm³/mol. The second kappa shape index (κ2) is 20.8. The van der Waals surface area contributed by atoms with Gasteiger partial charge in [-0.15, -0.1) is 0 Å². The molecule has 0 spiro atoms. The lowest BCUT2D eigenvalue weighted by Crippen LogP contribution is -2.35. The number of benzene rings is 4. The molecule has 0 aliphatic heterocycles. The van der Waals surface area contributed by atoms with Crippen molar-refractivity contribution in [2.75, 3.05) is 27.4 Å². The van der Waals surface area contributed by atoms with Gasteiger partial charge in [-0.25, -0.2) is 9.97 Å². The summed E-state index contributed by atoms with van der Waals surface area (Å²) in [6, 6.07) is 28.2. The molecule has 4 N–H and O–H groups in total. The lowest BCUT2D eigenvalue weighted by Gasteiger charge is -2.14. The van der Waals surface area contributed by atoms with Gasteiger partial charge in [0.2, 0.25) is 0 Å². The van der Waals surface area contributed by atoms with Gasteiger partial charge in [0.25, 0.3) is 11.8 Å². The van der Waals surface area contributed by atoms with Gasteiger partial charge in [0.05, 0.1) is 19.5 Å². The van der Waals surface area contributed by atoms with Crippen molar-refractivity contribution in [3.63, 3.8) is 0 Å². The van der Waals surface area contributed by atoms with Gasteiger partial charge in [-0.3, -0.25) is 9.59 Å². The molecule has 0 saturated heterocycles. The fourth-order valence-electron chi connectivity index (χ4n) is 5.28. The van der Waals surface area contributed by atoms with Gasteiger partial charge >= 0.3 is 0 Å². The fourth-order valence-corrected chi connectivity index (χ4v) is 5.95. The Morgan fingerprint density at radius 1 is 0.679 bits per heavy atom. The van der Waals surface area contributed by atoms with E-state index >= 15 is 0 Å².